The van der Waals surface area contributed by atoms with Crippen molar-refractivity contribution >= 4 is 21.6 Å². The predicted octanol–water partition coefficient (Wildman–Crippen LogP) is 2.83. The highest BCUT2D eigenvalue weighted by atomic mass is 79.9. The third-order valence-electron chi connectivity index (χ3n) is 2.77. The molecule has 1 aromatic carbocycles. The van der Waals surface area contributed by atoms with E-state index in [1.807, 2.05) is 19.3 Å². The first-order valence-corrected chi connectivity index (χ1v) is 6.39. The van der Waals surface area contributed by atoms with E-state index >= 15 is 0 Å². The van der Waals surface area contributed by atoms with Crippen molar-refractivity contribution in [1.29, 1.82) is 5.26 Å². The monoisotopic (exact) mass is 322 g/mol. The molecule has 2 aromatic rings. The molecule has 0 saturated carbocycles. The molecule has 0 radical (unpaired) electrons. The Morgan fingerprint density at radius 2 is 2.26 bits per heavy atom. The van der Waals surface area contributed by atoms with Crippen molar-refractivity contribution in [3.63, 3.8) is 0 Å². The largest absolute Gasteiger partial charge is 0.368 e. The van der Waals surface area contributed by atoms with E-state index < -0.39 is 5.82 Å². The van der Waals surface area contributed by atoms with Crippen LogP contribution in [0.1, 0.15) is 11.1 Å². The standard InChI is InChI=1S/C13H12BrFN4/c1-18(7-9-6-17-19(2)8-9)11-4-3-10(5-16)12(14)13(11)15/h3-4,6,8H,7H2,1-2H3. The van der Waals surface area contributed by atoms with Crippen molar-refractivity contribution in [2.75, 3.05) is 11.9 Å². The minimum absolute atomic E-state index is 0.200. The van der Waals surface area contributed by atoms with Crippen molar-refractivity contribution < 1.29 is 4.39 Å². The Morgan fingerprint density at radius 3 is 2.84 bits per heavy atom. The van der Waals surface area contributed by atoms with E-state index in [2.05, 4.69) is 21.0 Å². The molecule has 6 heteroatoms. The molecule has 1 heterocycles. The zero-order valence-corrected chi connectivity index (χ0v) is 12.1. The topological polar surface area (TPSA) is 44.9 Å². The van der Waals surface area contributed by atoms with E-state index in [0.29, 0.717) is 12.2 Å². The van der Waals surface area contributed by atoms with Crippen molar-refractivity contribution in [2.45, 2.75) is 6.54 Å². The van der Waals surface area contributed by atoms with Crippen LogP contribution in [0.3, 0.4) is 0 Å². The van der Waals surface area contributed by atoms with Gasteiger partial charge >= 0.3 is 0 Å². The summed E-state index contributed by atoms with van der Waals surface area (Å²) in [5.41, 5.74) is 1.72. The average Bonchev–Trinajstić information content (AvgIpc) is 2.78. The highest BCUT2D eigenvalue weighted by molar-refractivity contribution is 9.10. The molecule has 0 saturated heterocycles. The van der Waals surface area contributed by atoms with E-state index in [-0.39, 0.29) is 10.0 Å². The number of aryl methyl sites for hydroxylation is 1. The lowest BCUT2D eigenvalue weighted by molar-refractivity contribution is 0.615. The first kappa shape index (κ1) is 13.6. The molecule has 19 heavy (non-hydrogen) atoms. The van der Waals surface area contributed by atoms with Gasteiger partial charge in [-0.1, -0.05) is 0 Å². The molecule has 0 aliphatic heterocycles. The van der Waals surface area contributed by atoms with Crippen molar-refractivity contribution in [1.82, 2.24) is 9.78 Å². The third-order valence-corrected chi connectivity index (χ3v) is 3.55. The summed E-state index contributed by atoms with van der Waals surface area (Å²) in [6.45, 7) is 0.545. The zero-order chi connectivity index (χ0) is 14.0. The van der Waals surface area contributed by atoms with Crippen molar-refractivity contribution in [3.8, 4) is 6.07 Å². The number of hydrogen-bond donors (Lipinski definition) is 0. The van der Waals surface area contributed by atoms with Gasteiger partial charge in [0, 0.05) is 32.4 Å². The lowest BCUT2D eigenvalue weighted by Crippen LogP contribution is -2.17. The van der Waals surface area contributed by atoms with Gasteiger partial charge in [0.05, 0.1) is 21.9 Å². The smallest absolute Gasteiger partial charge is 0.161 e. The second-order valence-corrected chi connectivity index (χ2v) is 5.04. The predicted molar refractivity (Wildman–Crippen MR) is 74.1 cm³/mol. The number of nitrogens with zero attached hydrogens (tertiary/aromatic N) is 4. The molecule has 2 rings (SSSR count). The molecule has 0 amide bonds. The van der Waals surface area contributed by atoms with Gasteiger partial charge in [-0.05, 0) is 28.1 Å². The minimum atomic E-state index is -0.426. The lowest BCUT2D eigenvalue weighted by Gasteiger charge is -2.19. The lowest BCUT2D eigenvalue weighted by atomic mass is 10.2. The number of rotatable bonds is 3. The molecular weight excluding hydrogens is 311 g/mol. The number of nitriles is 1. The Morgan fingerprint density at radius 1 is 1.53 bits per heavy atom. The first-order valence-electron chi connectivity index (χ1n) is 5.59. The van der Waals surface area contributed by atoms with E-state index in [9.17, 15) is 4.39 Å². The molecule has 0 atom stereocenters. The second-order valence-electron chi connectivity index (χ2n) is 4.25. The van der Waals surface area contributed by atoms with Crippen LogP contribution in [0.15, 0.2) is 29.0 Å². The maximum atomic E-state index is 14.1. The van der Waals surface area contributed by atoms with Gasteiger partial charge in [0.2, 0.25) is 0 Å². The van der Waals surface area contributed by atoms with Crippen LogP contribution < -0.4 is 4.90 Å². The van der Waals surface area contributed by atoms with Crippen molar-refractivity contribution in [2.24, 2.45) is 7.05 Å². The highest BCUT2D eigenvalue weighted by Crippen LogP contribution is 2.29. The number of anilines is 1. The molecule has 1 aromatic heterocycles. The van der Waals surface area contributed by atoms with Gasteiger partial charge in [0.15, 0.2) is 5.82 Å². The van der Waals surface area contributed by atoms with Crippen LogP contribution in [0.4, 0.5) is 10.1 Å². The van der Waals surface area contributed by atoms with E-state index in [1.54, 1.807) is 35.0 Å². The van der Waals surface area contributed by atoms with Crippen LogP contribution in [-0.4, -0.2) is 16.8 Å². The number of hydrogen-bond acceptors (Lipinski definition) is 3. The summed E-state index contributed by atoms with van der Waals surface area (Å²) in [6, 6.07) is 5.14. The number of aromatic nitrogens is 2. The fourth-order valence-corrected chi connectivity index (χ4v) is 2.26. The first-order chi connectivity index (χ1) is 9.02. The quantitative estimate of drug-likeness (QED) is 0.872. The van der Waals surface area contributed by atoms with Crippen LogP contribution in [0.2, 0.25) is 0 Å². The Kier molecular flexibility index (Phi) is 3.86. The summed E-state index contributed by atoms with van der Waals surface area (Å²) in [5.74, 6) is -0.426. The SMILES string of the molecule is CN(Cc1cnn(C)c1)c1ccc(C#N)c(Br)c1F. The Bertz CT molecular complexity index is 645. The zero-order valence-electron chi connectivity index (χ0n) is 10.6. The molecule has 0 fully saturated rings. The van der Waals surface area contributed by atoms with Gasteiger partial charge in [0.1, 0.15) is 6.07 Å². The van der Waals surface area contributed by atoms with Gasteiger partial charge in [-0.25, -0.2) is 4.39 Å². The molecule has 0 N–H and O–H groups in total. The maximum absolute atomic E-state index is 14.1. The summed E-state index contributed by atoms with van der Waals surface area (Å²) in [7, 11) is 3.63. The molecular formula is C13H12BrFN4. The molecule has 0 unspecified atom stereocenters. The van der Waals surface area contributed by atoms with Crippen LogP contribution in [0.5, 0.6) is 0 Å². The Hall–Kier alpha value is -1.87. The molecule has 0 aliphatic rings. The summed E-state index contributed by atoms with van der Waals surface area (Å²) in [6.07, 6.45) is 3.63. The molecule has 0 bridgehead atoms. The average molecular weight is 323 g/mol. The van der Waals surface area contributed by atoms with Crippen LogP contribution in [0, 0.1) is 17.1 Å². The Labute approximate surface area is 119 Å². The molecule has 4 nitrogen and oxygen atoms in total. The van der Waals surface area contributed by atoms with Gasteiger partial charge in [-0.2, -0.15) is 10.4 Å². The summed E-state index contributed by atoms with van der Waals surface area (Å²) < 4.78 is 16.0. The summed E-state index contributed by atoms with van der Waals surface area (Å²) in [4.78, 5) is 1.78. The van der Waals surface area contributed by atoms with E-state index in [1.165, 1.54) is 0 Å². The van der Waals surface area contributed by atoms with E-state index in [0.717, 1.165) is 5.56 Å². The fourth-order valence-electron chi connectivity index (χ4n) is 1.83. The van der Waals surface area contributed by atoms with Gasteiger partial charge in [-0.3, -0.25) is 4.68 Å². The number of benzene rings is 1. The summed E-state index contributed by atoms with van der Waals surface area (Å²) >= 11 is 3.11. The molecule has 0 aliphatic carbocycles. The van der Waals surface area contributed by atoms with Crippen LogP contribution in [-0.2, 0) is 13.6 Å². The van der Waals surface area contributed by atoms with Gasteiger partial charge in [-0.15, -0.1) is 0 Å². The summed E-state index contributed by atoms with van der Waals surface area (Å²) in [5, 5.41) is 12.9. The van der Waals surface area contributed by atoms with Gasteiger partial charge < -0.3 is 4.90 Å². The fraction of sp³-hybridized carbons (Fsp3) is 0.231. The minimum Gasteiger partial charge on any atom is -0.368 e. The third kappa shape index (κ3) is 2.76. The van der Waals surface area contributed by atoms with Crippen LogP contribution >= 0.6 is 15.9 Å². The second kappa shape index (κ2) is 5.41. The Balaban J connectivity index is 2.27. The highest BCUT2D eigenvalue weighted by Gasteiger charge is 2.14. The molecule has 0 spiro atoms. The van der Waals surface area contributed by atoms with Gasteiger partial charge in [0.25, 0.3) is 0 Å². The van der Waals surface area contributed by atoms with Crippen molar-refractivity contribution in [3.05, 3.63) is 45.9 Å². The number of halogens is 2. The maximum Gasteiger partial charge on any atom is 0.161 e. The van der Waals surface area contributed by atoms with Crippen LogP contribution in [0.25, 0.3) is 0 Å². The van der Waals surface area contributed by atoms with E-state index in [4.69, 9.17) is 5.26 Å². The molecule has 98 valence electrons. The normalized spacial score (nSPS) is 10.3.